The lowest BCUT2D eigenvalue weighted by molar-refractivity contribution is -0.123. The van der Waals surface area contributed by atoms with Crippen molar-refractivity contribution in [1.29, 1.82) is 5.26 Å². The van der Waals surface area contributed by atoms with E-state index < -0.39 is 5.91 Å². The molecule has 0 spiro atoms. The van der Waals surface area contributed by atoms with Crippen LogP contribution in [0.25, 0.3) is 0 Å². The van der Waals surface area contributed by atoms with Gasteiger partial charge >= 0.3 is 0 Å². The molecule has 1 N–H and O–H groups in total. The van der Waals surface area contributed by atoms with Gasteiger partial charge in [-0.1, -0.05) is 13.3 Å². The van der Waals surface area contributed by atoms with E-state index in [2.05, 4.69) is 44.4 Å². The van der Waals surface area contributed by atoms with Crippen LogP contribution in [0.4, 0.5) is 0 Å². The van der Waals surface area contributed by atoms with E-state index in [1.165, 1.54) is 13.3 Å². The second-order valence-corrected chi connectivity index (χ2v) is 7.36. The molecule has 0 saturated heterocycles. The molecule has 0 aliphatic carbocycles. The number of hydrogen-bond donors (Lipinski definition) is 1. The standard InChI is InChI=1S/C22H25BrN4O4/c1-4-5-10-30-17-8-6-16(7-9-17)12-25-27-20(28)14-31-22-18(11-24)19(13-29-3)21(23)15(2)26-22/h6-9,12H,4-5,10,13-14H2,1-3H3,(H,27,28)/b25-12+. The first-order chi connectivity index (χ1) is 15.0. The Hall–Kier alpha value is -2.96. The quantitative estimate of drug-likeness (QED) is 0.292. The number of aromatic nitrogens is 1. The molecule has 9 heteroatoms. The number of unbranched alkanes of at least 4 members (excludes halogenated alkanes) is 1. The molecule has 1 aromatic heterocycles. The van der Waals surface area contributed by atoms with Crippen LogP contribution in [0.15, 0.2) is 33.8 Å². The van der Waals surface area contributed by atoms with Crippen molar-refractivity contribution in [1.82, 2.24) is 10.4 Å². The molecule has 31 heavy (non-hydrogen) atoms. The number of benzene rings is 1. The maximum absolute atomic E-state index is 12.1. The van der Waals surface area contributed by atoms with Gasteiger partial charge in [0.25, 0.3) is 5.91 Å². The largest absolute Gasteiger partial charge is 0.494 e. The molecule has 0 saturated carbocycles. The number of rotatable bonds is 11. The first-order valence-electron chi connectivity index (χ1n) is 9.75. The predicted molar refractivity (Wildman–Crippen MR) is 120 cm³/mol. The molecule has 0 radical (unpaired) electrons. The van der Waals surface area contributed by atoms with Gasteiger partial charge < -0.3 is 14.2 Å². The van der Waals surface area contributed by atoms with Crippen molar-refractivity contribution in [3.63, 3.8) is 0 Å². The molecule has 0 atom stereocenters. The van der Waals surface area contributed by atoms with Crippen LogP contribution in [0.1, 0.15) is 42.1 Å². The van der Waals surface area contributed by atoms with Gasteiger partial charge in [0.1, 0.15) is 17.4 Å². The average molecular weight is 489 g/mol. The van der Waals surface area contributed by atoms with Crippen molar-refractivity contribution in [3.05, 3.63) is 51.1 Å². The molecule has 2 rings (SSSR count). The summed E-state index contributed by atoms with van der Waals surface area (Å²) >= 11 is 3.41. The number of carbonyl (C=O) groups excluding carboxylic acids is 1. The molecule has 1 amide bonds. The minimum absolute atomic E-state index is 0.0769. The fourth-order valence-corrected chi connectivity index (χ4v) is 2.94. The summed E-state index contributed by atoms with van der Waals surface area (Å²) in [4.78, 5) is 16.3. The number of nitrogens with one attached hydrogen (secondary N) is 1. The van der Waals surface area contributed by atoms with Crippen LogP contribution in [0.3, 0.4) is 0 Å². The van der Waals surface area contributed by atoms with E-state index in [9.17, 15) is 10.1 Å². The maximum Gasteiger partial charge on any atom is 0.278 e. The zero-order valence-electron chi connectivity index (χ0n) is 17.8. The molecule has 1 aromatic carbocycles. The first kappa shape index (κ1) is 24.3. The lowest BCUT2D eigenvalue weighted by atomic mass is 10.1. The number of amides is 1. The highest BCUT2D eigenvalue weighted by atomic mass is 79.9. The van der Waals surface area contributed by atoms with Crippen LogP contribution >= 0.6 is 15.9 Å². The molecule has 0 aliphatic rings. The third-order valence-corrected chi connectivity index (χ3v) is 5.21. The van der Waals surface area contributed by atoms with Gasteiger partial charge in [0.2, 0.25) is 5.88 Å². The lowest BCUT2D eigenvalue weighted by Gasteiger charge is -2.13. The van der Waals surface area contributed by atoms with Crippen molar-refractivity contribution in [2.24, 2.45) is 5.10 Å². The van der Waals surface area contributed by atoms with Crippen molar-refractivity contribution in [2.75, 3.05) is 20.3 Å². The number of pyridine rings is 1. The highest BCUT2D eigenvalue weighted by Gasteiger charge is 2.18. The smallest absolute Gasteiger partial charge is 0.278 e. The van der Waals surface area contributed by atoms with Crippen molar-refractivity contribution >= 4 is 28.1 Å². The van der Waals surface area contributed by atoms with Gasteiger partial charge in [0, 0.05) is 17.1 Å². The average Bonchev–Trinajstić information content (AvgIpc) is 2.77. The second kappa shape index (κ2) is 12.7. The van der Waals surface area contributed by atoms with Crippen LogP contribution in [0.2, 0.25) is 0 Å². The zero-order chi connectivity index (χ0) is 22.6. The summed E-state index contributed by atoms with van der Waals surface area (Å²) in [6.45, 7) is 4.44. The summed E-state index contributed by atoms with van der Waals surface area (Å²) in [6, 6.07) is 9.45. The topological polar surface area (TPSA) is 106 Å². The molecule has 2 aromatic rings. The summed E-state index contributed by atoms with van der Waals surface area (Å²) in [6.07, 6.45) is 3.61. The molecule has 1 heterocycles. The van der Waals surface area contributed by atoms with E-state index >= 15 is 0 Å². The van der Waals surface area contributed by atoms with E-state index in [1.807, 2.05) is 24.3 Å². The summed E-state index contributed by atoms with van der Waals surface area (Å²) in [5.41, 5.74) is 4.67. The minimum atomic E-state index is -0.477. The Kier molecular flexibility index (Phi) is 9.94. The number of aryl methyl sites for hydroxylation is 1. The van der Waals surface area contributed by atoms with Crippen LogP contribution in [0.5, 0.6) is 11.6 Å². The summed E-state index contributed by atoms with van der Waals surface area (Å²) < 4.78 is 16.9. The van der Waals surface area contributed by atoms with Crippen molar-refractivity contribution in [3.8, 4) is 17.7 Å². The van der Waals surface area contributed by atoms with E-state index in [0.717, 1.165) is 24.2 Å². The number of nitrogens with zero attached hydrogens (tertiary/aromatic N) is 3. The van der Waals surface area contributed by atoms with Crippen molar-refractivity contribution in [2.45, 2.75) is 33.3 Å². The summed E-state index contributed by atoms with van der Waals surface area (Å²) in [7, 11) is 1.53. The highest BCUT2D eigenvalue weighted by molar-refractivity contribution is 9.10. The molecule has 8 nitrogen and oxygen atoms in total. The lowest BCUT2D eigenvalue weighted by Crippen LogP contribution is -2.25. The number of hydrogen-bond acceptors (Lipinski definition) is 7. The van der Waals surface area contributed by atoms with E-state index in [-0.39, 0.29) is 24.7 Å². The number of methoxy groups -OCH3 is 1. The number of halogens is 1. The van der Waals surface area contributed by atoms with Gasteiger partial charge in [-0.2, -0.15) is 10.4 Å². The van der Waals surface area contributed by atoms with E-state index in [0.29, 0.717) is 22.3 Å². The Bertz CT molecular complexity index is 955. The van der Waals surface area contributed by atoms with Gasteiger partial charge in [0.05, 0.1) is 25.1 Å². The molecule has 164 valence electrons. The Morgan fingerprint density at radius 3 is 2.71 bits per heavy atom. The maximum atomic E-state index is 12.1. The SMILES string of the molecule is CCCCOc1ccc(/C=N/NC(=O)COc2nc(C)c(Br)c(COC)c2C#N)cc1. The van der Waals surface area contributed by atoms with E-state index in [1.54, 1.807) is 6.92 Å². The van der Waals surface area contributed by atoms with Crippen molar-refractivity contribution < 1.29 is 19.0 Å². The summed E-state index contributed by atoms with van der Waals surface area (Å²) in [5.74, 6) is 0.393. The van der Waals surface area contributed by atoms with Gasteiger partial charge in [-0.15, -0.1) is 0 Å². The fourth-order valence-electron chi connectivity index (χ4n) is 2.54. The van der Waals surface area contributed by atoms with Crippen LogP contribution < -0.4 is 14.9 Å². The zero-order valence-corrected chi connectivity index (χ0v) is 19.4. The van der Waals surface area contributed by atoms with Crippen LogP contribution in [0, 0.1) is 18.3 Å². The third-order valence-electron chi connectivity index (χ3n) is 4.16. The van der Waals surface area contributed by atoms with Crippen LogP contribution in [-0.4, -0.2) is 37.4 Å². The number of carbonyl (C=O) groups is 1. The van der Waals surface area contributed by atoms with E-state index in [4.69, 9.17) is 14.2 Å². The van der Waals surface area contributed by atoms with Gasteiger partial charge in [-0.25, -0.2) is 10.4 Å². The normalized spacial score (nSPS) is 10.7. The Morgan fingerprint density at radius 1 is 1.32 bits per heavy atom. The monoisotopic (exact) mass is 488 g/mol. The Balaban J connectivity index is 1.92. The molecule has 0 fully saturated rings. The minimum Gasteiger partial charge on any atom is -0.494 e. The van der Waals surface area contributed by atoms with Gasteiger partial charge in [-0.05, 0) is 59.1 Å². The Morgan fingerprint density at radius 2 is 2.06 bits per heavy atom. The highest BCUT2D eigenvalue weighted by Crippen LogP contribution is 2.29. The van der Waals surface area contributed by atoms with Gasteiger partial charge in [0.15, 0.2) is 6.61 Å². The molecule has 0 unspecified atom stereocenters. The predicted octanol–water partition coefficient (Wildman–Crippen LogP) is 3.88. The first-order valence-corrected chi connectivity index (χ1v) is 10.5. The van der Waals surface area contributed by atoms with Crippen LogP contribution in [-0.2, 0) is 16.1 Å². The number of hydrazone groups is 1. The van der Waals surface area contributed by atoms with Gasteiger partial charge in [-0.3, -0.25) is 4.79 Å². The molecule has 0 aliphatic heterocycles. The third kappa shape index (κ3) is 7.35. The molecular formula is C22H25BrN4O4. The molecular weight excluding hydrogens is 464 g/mol. The number of ether oxygens (including phenoxy) is 3. The second-order valence-electron chi connectivity index (χ2n) is 6.57. The Labute approximate surface area is 190 Å². The summed E-state index contributed by atoms with van der Waals surface area (Å²) in [5, 5.41) is 13.4. The fraction of sp³-hybridized carbons (Fsp3) is 0.364. The number of nitriles is 1. The molecule has 0 bridgehead atoms.